The molecule has 6 nitrogen and oxygen atoms in total. The molecular weight excluding hydrogens is 327 g/mol. The van der Waals surface area contributed by atoms with E-state index in [2.05, 4.69) is 10.6 Å². The van der Waals surface area contributed by atoms with Gasteiger partial charge in [0.1, 0.15) is 23.2 Å². The molecule has 25 heavy (non-hydrogen) atoms. The van der Waals surface area contributed by atoms with Crippen molar-refractivity contribution in [2.45, 2.75) is 38.8 Å². The van der Waals surface area contributed by atoms with Gasteiger partial charge in [-0.05, 0) is 51.1 Å². The monoisotopic (exact) mass is 348 g/mol. The zero-order valence-electron chi connectivity index (χ0n) is 14.3. The molecule has 1 heterocycles. The van der Waals surface area contributed by atoms with Crippen molar-refractivity contribution in [2.75, 3.05) is 5.32 Å². The molecule has 0 aliphatic heterocycles. The number of furan rings is 1. The summed E-state index contributed by atoms with van der Waals surface area (Å²) >= 11 is 0. The molecule has 1 unspecified atom stereocenters. The molecule has 2 amide bonds. The van der Waals surface area contributed by atoms with Crippen molar-refractivity contribution < 1.29 is 23.1 Å². The number of carbonyl (C=O) groups is 2. The van der Waals surface area contributed by atoms with Gasteiger partial charge in [-0.3, -0.25) is 4.79 Å². The first kappa shape index (κ1) is 18.5. The lowest BCUT2D eigenvalue weighted by atomic mass is 10.1. The van der Waals surface area contributed by atoms with Crippen LogP contribution in [-0.4, -0.2) is 23.6 Å². The lowest BCUT2D eigenvalue weighted by Gasteiger charge is -2.23. The summed E-state index contributed by atoms with van der Waals surface area (Å²) in [6, 6.07) is 7.93. The van der Waals surface area contributed by atoms with Crippen molar-refractivity contribution in [1.82, 2.24) is 5.32 Å². The maximum absolute atomic E-state index is 13.3. The summed E-state index contributed by atoms with van der Waals surface area (Å²) < 4.78 is 23.7. The average molecular weight is 348 g/mol. The molecule has 2 N–H and O–H groups in total. The number of carbonyl (C=O) groups excluding carboxylic acids is 2. The molecule has 1 atom stereocenters. The minimum Gasteiger partial charge on any atom is -0.469 e. The number of nitrogens with one attached hydrogen (secondary N) is 2. The Kier molecular flexibility index (Phi) is 5.80. The molecular formula is C18H21FN2O4. The fourth-order valence-corrected chi connectivity index (χ4v) is 2.08. The summed E-state index contributed by atoms with van der Waals surface area (Å²) in [7, 11) is 0. The molecule has 1 aromatic heterocycles. The Labute approximate surface area is 145 Å². The van der Waals surface area contributed by atoms with Gasteiger partial charge in [0.2, 0.25) is 5.91 Å². The SMILES string of the molecule is CC(C)(C)OC(=O)NC(Cc1ccco1)C(=O)Nc1cccc(F)c1. The van der Waals surface area contributed by atoms with E-state index >= 15 is 0 Å². The Morgan fingerprint density at radius 3 is 2.60 bits per heavy atom. The molecule has 0 saturated carbocycles. The van der Waals surface area contributed by atoms with Gasteiger partial charge in [-0.1, -0.05) is 6.07 Å². The van der Waals surface area contributed by atoms with Gasteiger partial charge < -0.3 is 19.8 Å². The van der Waals surface area contributed by atoms with Crippen LogP contribution < -0.4 is 10.6 Å². The summed E-state index contributed by atoms with van der Waals surface area (Å²) in [5.74, 6) is -0.455. The van der Waals surface area contributed by atoms with Crippen LogP contribution in [0.15, 0.2) is 47.1 Å². The maximum atomic E-state index is 13.3. The molecule has 134 valence electrons. The molecule has 1 aromatic carbocycles. The van der Waals surface area contributed by atoms with Crippen LogP contribution in [0.3, 0.4) is 0 Å². The molecule has 2 aromatic rings. The van der Waals surface area contributed by atoms with E-state index in [9.17, 15) is 14.0 Å². The summed E-state index contributed by atoms with van der Waals surface area (Å²) in [4.78, 5) is 24.5. The zero-order chi connectivity index (χ0) is 18.4. The van der Waals surface area contributed by atoms with E-state index in [1.54, 1.807) is 39.0 Å². The number of hydrogen-bond acceptors (Lipinski definition) is 4. The van der Waals surface area contributed by atoms with Crippen molar-refractivity contribution in [2.24, 2.45) is 0 Å². The minimum absolute atomic E-state index is 0.132. The standard InChI is InChI=1S/C18H21FN2O4/c1-18(2,3)25-17(23)21-15(11-14-8-5-9-24-14)16(22)20-13-7-4-6-12(19)10-13/h4-10,15H,11H2,1-3H3,(H,20,22)(H,21,23). The quantitative estimate of drug-likeness (QED) is 0.867. The third-order valence-corrected chi connectivity index (χ3v) is 3.09. The van der Waals surface area contributed by atoms with Gasteiger partial charge in [0, 0.05) is 12.1 Å². The molecule has 0 spiro atoms. The first-order valence-corrected chi connectivity index (χ1v) is 7.81. The minimum atomic E-state index is -0.940. The molecule has 0 aliphatic carbocycles. The molecule has 0 saturated heterocycles. The van der Waals surface area contributed by atoms with Gasteiger partial charge in [0.25, 0.3) is 0 Å². The van der Waals surface area contributed by atoms with Crippen molar-refractivity contribution in [3.63, 3.8) is 0 Å². The van der Waals surface area contributed by atoms with E-state index in [1.165, 1.54) is 24.5 Å². The van der Waals surface area contributed by atoms with Crippen molar-refractivity contribution in [3.05, 3.63) is 54.2 Å². The number of alkyl carbamates (subject to hydrolysis) is 1. The normalized spacial score (nSPS) is 12.3. The Balaban J connectivity index is 2.09. The maximum Gasteiger partial charge on any atom is 0.408 e. The summed E-state index contributed by atoms with van der Waals surface area (Å²) in [6.45, 7) is 5.17. The number of anilines is 1. The number of hydrogen-bond donors (Lipinski definition) is 2. The Morgan fingerprint density at radius 1 is 1.24 bits per heavy atom. The molecule has 0 fully saturated rings. The first-order chi connectivity index (χ1) is 11.7. The van der Waals surface area contributed by atoms with Gasteiger partial charge in [-0.2, -0.15) is 0 Å². The van der Waals surface area contributed by atoms with Crippen molar-refractivity contribution in [1.29, 1.82) is 0 Å². The fourth-order valence-electron chi connectivity index (χ4n) is 2.08. The van der Waals surface area contributed by atoms with Crippen LogP contribution in [0.25, 0.3) is 0 Å². The average Bonchev–Trinajstić information content (AvgIpc) is 2.97. The Hall–Kier alpha value is -2.83. The molecule has 7 heteroatoms. The summed E-state index contributed by atoms with van der Waals surface area (Å²) in [5, 5.41) is 5.09. The van der Waals surface area contributed by atoms with E-state index in [0.29, 0.717) is 11.4 Å². The number of ether oxygens (including phenoxy) is 1. The predicted octanol–water partition coefficient (Wildman–Crippen LogP) is 3.49. The highest BCUT2D eigenvalue weighted by atomic mass is 19.1. The lowest BCUT2D eigenvalue weighted by Crippen LogP contribution is -2.47. The van der Waals surface area contributed by atoms with Crippen molar-refractivity contribution in [3.8, 4) is 0 Å². The summed E-state index contributed by atoms with van der Waals surface area (Å²) in [5.41, 5.74) is -0.404. The van der Waals surface area contributed by atoms with Crippen LogP contribution in [0.5, 0.6) is 0 Å². The molecule has 0 radical (unpaired) electrons. The van der Waals surface area contributed by atoms with Gasteiger partial charge in [-0.15, -0.1) is 0 Å². The smallest absolute Gasteiger partial charge is 0.408 e. The van der Waals surface area contributed by atoms with Crippen LogP contribution in [0.2, 0.25) is 0 Å². The Bertz CT molecular complexity index is 723. The van der Waals surface area contributed by atoms with E-state index < -0.39 is 29.5 Å². The van der Waals surface area contributed by atoms with Crippen molar-refractivity contribution >= 4 is 17.7 Å². The van der Waals surface area contributed by atoms with Gasteiger partial charge in [-0.25, -0.2) is 9.18 Å². The molecule has 0 bridgehead atoms. The highest BCUT2D eigenvalue weighted by Gasteiger charge is 2.25. The van der Waals surface area contributed by atoms with Crippen LogP contribution in [0, 0.1) is 5.82 Å². The number of amides is 2. The lowest BCUT2D eigenvalue weighted by molar-refractivity contribution is -0.118. The van der Waals surface area contributed by atoms with Gasteiger partial charge in [0.05, 0.1) is 6.26 Å². The topological polar surface area (TPSA) is 80.6 Å². The highest BCUT2D eigenvalue weighted by Crippen LogP contribution is 2.12. The number of halogens is 1. The first-order valence-electron chi connectivity index (χ1n) is 7.81. The van der Waals surface area contributed by atoms with E-state index in [4.69, 9.17) is 9.15 Å². The number of rotatable bonds is 5. The second-order valence-electron chi connectivity index (χ2n) is 6.48. The number of benzene rings is 1. The van der Waals surface area contributed by atoms with Crippen LogP contribution in [0.1, 0.15) is 26.5 Å². The third kappa shape index (κ3) is 6.29. The van der Waals surface area contributed by atoms with E-state index in [1.807, 2.05) is 0 Å². The fraction of sp³-hybridized carbons (Fsp3) is 0.333. The summed E-state index contributed by atoms with van der Waals surface area (Å²) in [6.07, 6.45) is 0.885. The van der Waals surface area contributed by atoms with Crippen LogP contribution in [0.4, 0.5) is 14.9 Å². The van der Waals surface area contributed by atoms with E-state index in [0.717, 1.165) is 0 Å². The highest BCUT2D eigenvalue weighted by molar-refractivity contribution is 5.96. The van der Waals surface area contributed by atoms with Crippen LogP contribution in [-0.2, 0) is 16.0 Å². The van der Waals surface area contributed by atoms with Gasteiger partial charge in [0.15, 0.2) is 0 Å². The second kappa shape index (κ2) is 7.83. The predicted molar refractivity (Wildman–Crippen MR) is 90.6 cm³/mol. The van der Waals surface area contributed by atoms with Gasteiger partial charge >= 0.3 is 6.09 Å². The second-order valence-corrected chi connectivity index (χ2v) is 6.48. The van der Waals surface area contributed by atoms with E-state index in [-0.39, 0.29) is 6.42 Å². The Morgan fingerprint density at radius 2 is 2.00 bits per heavy atom. The van der Waals surface area contributed by atoms with Crippen LogP contribution >= 0.6 is 0 Å². The molecule has 0 aliphatic rings. The third-order valence-electron chi connectivity index (χ3n) is 3.09. The largest absolute Gasteiger partial charge is 0.469 e. The zero-order valence-corrected chi connectivity index (χ0v) is 14.3. The molecule has 2 rings (SSSR count).